The van der Waals surface area contributed by atoms with E-state index in [2.05, 4.69) is 31.2 Å². The molecular formula is C16H23NO2. The summed E-state index contributed by atoms with van der Waals surface area (Å²) in [4.78, 5) is 13.4. The third kappa shape index (κ3) is 2.66. The van der Waals surface area contributed by atoms with Crippen LogP contribution in [0.4, 0.5) is 0 Å². The molecule has 0 bridgehead atoms. The molecule has 1 N–H and O–H groups in total. The Morgan fingerprint density at radius 3 is 2.58 bits per heavy atom. The van der Waals surface area contributed by atoms with Crippen LogP contribution in [-0.4, -0.2) is 29.1 Å². The quantitative estimate of drug-likeness (QED) is 0.902. The standard InChI is InChI=1S/C16H23NO2/c1-4-14(16(18)19)17(3)15-10-9-11(2)12-7-5-6-8-13(12)15/h5-8,11,14-15H,4,9-10H2,1-3H3,(H,18,19). The van der Waals surface area contributed by atoms with Gasteiger partial charge in [0.2, 0.25) is 0 Å². The first-order valence-electron chi connectivity index (χ1n) is 7.09. The summed E-state index contributed by atoms with van der Waals surface area (Å²) in [5.41, 5.74) is 2.69. The number of benzene rings is 1. The Balaban J connectivity index is 2.31. The van der Waals surface area contributed by atoms with Crippen molar-refractivity contribution < 1.29 is 9.90 Å². The monoisotopic (exact) mass is 261 g/mol. The van der Waals surface area contributed by atoms with Crippen molar-refractivity contribution in [3.63, 3.8) is 0 Å². The maximum absolute atomic E-state index is 11.3. The van der Waals surface area contributed by atoms with E-state index in [-0.39, 0.29) is 6.04 Å². The third-order valence-electron chi connectivity index (χ3n) is 4.41. The van der Waals surface area contributed by atoms with Gasteiger partial charge in [-0.25, -0.2) is 0 Å². The predicted octanol–water partition coefficient (Wildman–Crippen LogP) is 3.42. The highest BCUT2D eigenvalue weighted by Gasteiger charge is 2.32. The lowest BCUT2D eigenvalue weighted by Gasteiger charge is -2.38. The Bertz CT molecular complexity index is 458. The zero-order valence-electron chi connectivity index (χ0n) is 12.0. The average molecular weight is 261 g/mol. The topological polar surface area (TPSA) is 40.5 Å². The minimum atomic E-state index is -0.721. The molecular weight excluding hydrogens is 238 g/mol. The van der Waals surface area contributed by atoms with Gasteiger partial charge in [0.1, 0.15) is 6.04 Å². The molecule has 3 nitrogen and oxygen atoms in total. The zero-order chi connectivity index (χ0) is 14.0. The lowest BCUT2D eigenvalue weighted by molar-refractivity contribution is -0.144. The van der Waals surface area contributed by atoms with Gasteiger partial charge >= 0.3 is 5.97 Å². The smallest absolute Gasteiger partial charge is 0.320 e. The van der Waals surface area contributed by atoms with Gasteiger partial charge in [0, 0.05) is 6.04 Å². The summed E-state index contributed by atoms with van der Waals surface area (Å²) in [6.45, 7) is 4.19. The first kappa shape index (κ1) is 14.1. The van der Waals surface area contributed by atoms with Crippen LogP contribution in [0, 0.1) is 0 Å². The number of nitrogens with zero attached hydrogens (tertiary/aromatic N) is 1. The van der Waals surface area contributed by atoms with E-state index in [1.807, 2.05) is 18.9 Å². The minimum Gasteiger partial charge on any atom is -0.480 e. The van der Waals surface area contributed by atoms with E-state index in [0.717, 1.165) is 12.8 Å². The van der Waals surface area contributed by atoms with E-state index in [4.69, 9.17) is 0 Å². The second-order valence-corrected chi connectivity index (χ2v) is 5.55. The van der Waals surface area contributed by atoms with Crippen molar-refractivity contribution in [1.29, 1.82) is 0 Å². The van der Waals surface area contributed by atoms with Gasteiger partial charge < -0.3 is 5.11 Å². The van der Waals surface area contributed by atoms with Crippen LogP contribution in [0.1, 0.15) is 56.2 Å². The molecule has 0 amide bonds. The average Bonchev–Trinajstić information content (AvgIpc) is 2.39. The van der Waals surface area contributed by atoms with E-state index in [1.54, 1.807) is 0 Å². The van der Waals surface area contributed by atoms with Gasteiger partial charge in [0.15, 0.2) is 0 Å². The molecule has 3 atom stereocenters. The first-order valence-corrected chi connectivity index (χ1v) is 7.09. The molecule has 19 heavy (non-hydrogen) atoms. The van der Waals surface area contributed by atoms with Crippen molar-refractivity contribution >= 4 is 5.97 Å². The van der Waals surface area contributed by atoms with Gasteiger partial charge in [-0.3, -0.25) is 9.69 Å². The summed E-state index contributed by atoms with van der Waals surface area (Å²) < 4.78 is 0. The summed E-state index contributed by atoms with van der Waals surface area (Å²) >= 11 is 0. The molecule has 0 radical (unpaired) electrons. The molecule has 0 fully saturated rings. The van der Waals surface area contributed by atoms with Crippen LogP contribution in [0.3, 0.4) is 0 Å². The summed E-state index contributed by atoms with van der Waals surface area (Å²) in [6, 6.07) is 8.30. The number of carboxylic acids is 1. The van der Waals surface area contributed by atoms with Crippen LogP contribution in [0.15, 0.2) is 24.3 Å². The summed E-state index contributed by atoms with van der Waals surface area (Å²) in [7, 11) is 1.94. The van der Waals surface area contributed by atoms with E-state index in [0.29, 0.717) is 12.3 Å². The lowest BCUT2D eigenvalue weighted by Crippen LogP contribution is -2.41. The van der Waals surface area contributed by atoms with Crippen LogP contribution in [-0.2, 0) is 4.79 Å². The van der Waals surface area contributed by atoms with Crippen molar-refractivity contribution in [1.82, 2.24) is 4.90 Å². The fourth-order valence-electron chi connectivity index (χ4n) is 3.26. The van der Waals surface area contributed by atoms with Crippen molar-refractivity contribution in [2.24, 2.45) is 0 Å². The molecule has 0 heterocycles. The predicted molar refractivity (Wildman–Crippen MR) is 76.3 cm³/mol. The summed E-state index contributed by atoms with van der Waals surface area (Å²) in [5.74, 6) is -0.146. The van der Waals surface area contributed by atoms with Gasteiger partial charge in [-0.05, 0) is 43.4 Å². The van der Waals surface area contributed by atoms with Gasteiger partial charge in [0.05, 0.1) is 0 Å². The van der Waals surface area contributed by atoms with E-state index >= 15 is 0 Å². The second-order valence-electron chi connectivity index (χ2n) is 5.55. The molecule has 1 aromatic carbocycles. The zero-order valence-corrected chi connectivity index (χ0v) is 12.0. The Labute approximate surface area is 115 Å². The van der Waals surface area contributed by atoms with Gasteiger partial charge in [-0.15, -0.1) is 0 Å². The Kier molecular flexibility index (Phi) is 4.25. The maximum Gasteiger partial charge on any atom is 0.320 e. The number of hydrogen-bond acceptors (Lipinski definition) is 2. The molecule has 0 saturated carbocycles. The highest BCUT2D eigenvalue weighted by molar-refractivity contribution is 5.73. The van der Waals surface area contributed by atoms with Crippen molar-refractivity contribution in [3.8, 4) is 0 Å². The molecule has 2 rings (SSSR count). The Morgan fingerprint density at radius 1 is 1.37 bits per heavy atom. The number of carboxylic acid groups (broad SMARTS) is 1. The maximum atomic E-state index is 11.3. The number of likely N-dealkylation sites (N-methyl/N-ethyl adjacent to an activating group) is 1. The van der Waals surface area contributed by atoms with E-state index in [1.165, 1.54) is 11.1 Å². The number of hydrogen-bond donors (Lipinski definition) is 1. The normalized spacial score (nSPS) is 24.0. The molecule has 3 unspecified atom stereocenters. The number of aliphatic carboxylic acids is 1. The van der Waals surface area contributed by atoms with Crippen LogP contribution >= 0.6 is 0 Å². The molecule has 104 valence electrons. The Hall–Kier alpha value is -1.35. The van der Waals surface area contributed by atoms with Crippen LogP contribution < -0.4 is 0 Å². The fraction of sp³-hybridized carbons (Fsp3) is 0.562. The summed E-state index contributed by atoms with van der Waals surface area (Å²) in [6.07, 6.45) is 2.81. The third-order valence-corrected chi connectivity index (χ3v) is 4.41. The molecule has 0 saturated heterocycles. The molecule has 3 heteroatoms. The summed E-state index contributed by atoms with van der Waals surface area (Å²) in [5, 5.41) is 9.33. The lowest BCUT2D eigenvalue weighted by atomic mass is 9.80. The number of fused-ring (bicyclic) bond motifs is 1. The molecule has 1 aromatic rings. The van der Waals surface area contributed by atoms with Crippen molar-refractivity contribution in [2.45, 2.75) is 51.1 Å². The number of rotatable bonds is 4. The molecule has 1 aliphatic carbocycles. The molecule has 0 aromatic heterocycles. The largest absolute Gasteiger partial charge is 0.480 e. The molecule has 0 aliphatic heterocycles. The van der Waals surface area contributed by atoms with Crippen molar-refractivity contribution in [2.75, 3.05) is 7.05 Å². The van der Waals surface area contributed by atoms with E-state index in [9.17, 15) is 9.90 Å². The minimum absolute atomic E-state index is 0.230. The van der Waals surface area contributed by atoms with E-state index < -0.39 is 12.0 Å². The van der Waals surface area contributed by atoms with Crippen LogP contribution in [0.5, 0.6) is 0 Å². The van der Waals surface area contributed by atoms with Gasteiger partial charge in [-0.2, -0.15) is 0 Å². The van der Waals surface area contributed by atoms with Gasteiger partial charge in [-0.1, -0.05) is 38.1 Å². The SMILES string of the molecule is CCC(C(=O)O)N(C)C1CCC(C)c2ccccc21. The molecule has 0 spiro atoms. The van der Waals surface area contributed by atoms with Crippen LogP contribution in [0.25, 0.3) is 0 Å². The van der Waals surface area contributed by atoms with Crippen molar-refractivity contribution in [3.05, 3.63) is 35.4 Å². The molecule has 1 aliphatic rings. The van der Waals surface area contributed by atoms with Crippen LogP contribution in [0.2, 0.25) is 0 Å². The number of carbonyl (C=O) groups is 1. The van der Waals surface area contributed by atoms with Gasteiger partial charge in [0.25, 0.3) is 0 Å². The first-order chi connectivity index (χ1) is 9.06. The fourth-order valence-corrected chi connectivity index (χ4v) is 3.26. The highest BCUT2D eigenvalue weighted by Crippen LogP contribution is 2.40. The Morgan fingerprint density at radius 2 is 2.00 bits per heavy atom. The second kappa shape index (κ2) is 5.74. The highest BCUT2D eigenvalue weighted by atomic mass is 16.4.